The molecule has 0 fully saturated rings. The Kier molecular flexibility index (Phi) is 3.45. The molecule has 0 aliphatic heterocycles. The van der Waals surface area contributed by atoms with E-state index >= 15 is 0 Å². The van der Waals surface area contributed by atoms with Crippen molar-refractivity contribution in [1.82, 2.24) is 4.98 Å². The van der Waals surface area contributed by atoms with Gasteiger partial charge in [-0.25, -0.2) is 8.42 Å². The number of fused-ring (bicyclic) bond motifs is 1. The maximum atomic E-state index is 12.9. The Balaban J connectivity index is 2.33. The van der Waals surface area contributed by atoms with Gasteiger partial charge in [0.15, 0.2) is 0 Å². The lowest BCUT2D eigenvalue weighted by molar-refractivity contribution is -0.387. The highest BCUT2D eigenvalue weighted by Crippen LogP contribution is 2.33. The molecule has 0 aliphatic rings. The molecule has 0 saturated carbocycles. The van der Waals surface area contributed by atoms with Crippen molar-refractivity contribution < 1.29 is 13.3 Å². The summed E-state index contributed by atoms with van der Waals surface area (Å²) in [5.74, 6) is 0. The minimum atomic E-state index is -4.08. The number of nitro groups is 1. The molecular formula is C15H11N3O4S. The first-order valence-electron chi connectivity index (χ1n) is 6.53. The highest BCUT2D eigenvalue weighted by Gasteiger charge is 2.29. The van der Waals surface area contributed by atoms with E-state index in [2.05, 4.69) is 4.98 Å². The molecule has 3 aromatic rings. The fraction of sp³-hybridized carbons (Fsp3) is 0. The monoisotopic (exact) mass is 329 g/mol. The molecule has 7 nitrogen and oxygen atoms in total. The summed E-state index contributed by atoms with van der Waals surface area (Å²) < 4.78 is 25.8. The van der Waals surface area contributed by atoms with Crippen molar-refractivity contribution in [3.05, 3.63) is 65.0 Å². The third-order valence-electron chi connectivity index (χ3n) is 3.40. The zero-order chi connectivity index (χ0) is 16.6. The van der Waals surface area contributed by atoms with Gasteiger partial charge in [-0.1, -0.05) is 12.1 Å². The summed E-state index contributed by atoms with van der Waals surface area (Å²) in [5, 5.41) is 12.3. The molecule has 1 heterocycles. The van der Waals surface area contributed by atoms with Crippen LogP contribution in [0.3, 0.4) is 0 Å². The van der Waals surface area contributed by atoms with Gasteiger partial charge in [0.1, 0.15) is 4.90 Å². The predicted molar refractivity (Wildman–Crippen MR) is 84.7 cm³/mol. The average Bonchev–Trinajstić information content (AvgIpc) is 2.54. The number of aromatic nitrogens is 1. The van der Waals surface area contributed by atoms with Gasteiger partial charge in [0.25, 0.3) is 5.69 Å². The van der Waals surface area contributed by atoms with Crippen LogP contribution >= 0.6 is 0 Å². The molecule has 2 N–H and O–H groups in total. The lowest BCUT2D eigenvalue weighted by Gasteiger charge is -2.09. The lowest BCUT2D eigenvalue weighted by Crippen LogP contribution is -2.07. The van der Waals surface area contributed by atoms with E-state index in [4.69, 9.17) is 5.73 Å². The zero-order valence-corrected chi connectivity index (χ0v) is 12.5. The second-order valence-corrected chi connectivity index (χ2v) is 6.73. The number of rotatable bonds is 3. The van der Waals surface area contributed by atoms with Crippen LogP contribution in [0.15, 0.2) is 64.6 Å². The van der Waals surface area contributed by atoms with Crippen molar-refractivity contribution >= 4 is 32.0 Å². The van der Waals surface area contributed by atoms with E-state index in [1.807, 2.05) is 0 Å². The Morgan fingerprint density at radius 1 is 1.09 bits per heavy atom. The van der Waals surface area contributed by atoms with Crippen LogP contribution < -0.4 is 5.73 Å². The standard InChI is InChI=1S/C15H11N3O4S/c16-11-4-5-15(13(8-11)18(19)20)23(21,22)14-3-1-2-10-9-17-7-6-12(10)14/h1-9H,16H2. The van der Waals surface area contributed by atoms with E-state index < -0.39 is 20.4 Å². The molecule has 0 bridgehead atoms. The normalized spacial score (nSPS) is 11.5. The highest BCUT2D eigenvalue weighted by atomic mass is 32.2. The molecular weight excluding hydrogens is 318 g/mol. The van der Waals surface area contributed by atoms with E-state index in [1.54, 1.807) is 18.2 Å². The molecule has 116 valence electrons. The summed E-state index contributed by atoms with van der Waals surface area (Å²) in [6.45, 7) is 0. The number of sulfone groups is 1. The molecule has 8 heteroatoms. The molecule has 2 aromatic carbocycles. The Bertz CT molecular complexity index is 1030. The van der Waals surface area contributed by atoms with Gasteiger partial charge < -0.3 is 5.73 Å². The average molecular weight is 329 g/mol. The highest BCUT2D eigenvalue weighted by molar-refractivity contribution is 7.91. The van der Waals surface area contributed by atoms with Gasteiger partial charge >= 0.3 is 0 Å². The Morgan fingerprint density at radius 3 is 2.61 bits per heavy atom. The van der Waals surface area contributed by atoms with Gasteiger partial charge in [-0.15, -0.1) is 0 Å². The number of hydrogen-bond donors (Lipinski definition) is 1. The van der Waals surface area contributed by atoms with Crippen LogP contribution in [0.2, 0.25) is 0 Å². The minimum Gasteiger partial charge on any atom is -0.399 e. The van der Waals surface area contributed by atoms with Crippen LogP contribution in [0.25, 0.3) is 10.8 Å². The largest absolute Gasteiger partial charge is 0.399 e. The molecule has 0 aliphatic carbocycles. The fourth-order valence-corrected chi connectivity index (χ4v) is 3.98. The van der Waals surface area contributed by atoms with Crippen LogP contribution in [0.1, 0.15) is 0 Å². The van der Waals surface area contributed by atoms with E-state index in [-0.39, 0.29) is 15.5 Å². The Morgan fingerprint density at radius 2 is 1.87 bits per heavy atom. The number of anilines is 1. The summed E-state index contributed by atoms with van der Waals surface area (Å²) in [4.78, 5) is 14.0. The van der Waals surface area contributed by atoms with E-state index in [0.29, 0.717) is 10.8 Å². The maximum Gasteiger partial charge on any atom is 0.290 e. The number of nitrogens with zero attached hydrogens (tertiary/aromatic N) is 2. The number of nitrogens with two attached hydrogens (primary N) is 1. The molecule has 0 atom stereocenters. The van der Waals surface area contributed by atoms with Crippen molar-refractivity contribution in [3.8, 4) is 0 Å². The summed E-state index contributed by atoms with van der Waals surface area (Å²) in [6.07, 6.45) is 3.00. The fourth-order valence-electron chi connectivity index (χ4n) is 2.35. The van der Waals surface area contributed by atoms with Crippen LogP contribution in [-0.4, -0.2) is 18.3 Å². The maximum absolute atomic E-state index is 12.9. The van der Waals surface area contributed by atoms with E-state index in [9.17, 15) is 18.5 Å². The van der Waals surface area contributed by atoms with Crippen LogP contribution in [0.4, 0.5) is 11.4 Å². The van der Waals surface area contributed by atoms with E-state index in [0.717, 1.165) is 12.1 Å². The first-order chi connectivity index (χ1) is 10.9. The zero-order valence-electron chi connectivity index (χ0n) is 11.7. The van der Waals surface area contributed by atoms with Crippen molar-refractivity contribution in [2.75, 3.05) is 5.73 Å². The Hall–Kier alpha value is -3.00. The second-order valence-electron chi connectivity index (χ2n) is 4.84. The molecule has 0 unspecified atom stereocenters. The predicted octanol–water partition coefficient (Wildman–Crippen LogP) is 2.56. The third kappa shape index (κ3) is 2.49. The smallest absolute Gasteiger partial charge is 0.290 e. The number of benzene rings is 2. The number of hydrogen-bond acceptors (Lipinski definition) is 6. The number of nitro benzene ring substituents is 1. The van der Waals surface area contributed by atoms with Crippen molar-refractivity contribution in [1.29, 1.82) is 0 Å². The van der Waals surface area contributed by atoms with Gasteiger partial charge in [-0.3, -0.25) is 15.1 Å². The third-order valence-corrected chi connectivity index (χ3v) is 5.26. The Labute approximate surface area is 131 Å². The minimum absolute atomic E-state index is 0.00901. The lowest BCUT2D eigenvalue weighted by atomic mass is 10.2. The molecule has 0 saturated heterocycles. The molecule has 0 radical (unpaired) electrons. The quantitative estimate of drug-likeness (QED) is 0.448. The van der Waals surface area contributed by atoms with Crippen molar-refractivity contribution in [3.63, 3.8) is 0 Å². The van der Waals surface area contributed by atoms with Crippen molar-refractivity contribution in [2.45, 2.75) is 9.79 Å². The van der Waals surface area contributed by atoms with E-state index in [1.165, 1.54) is 24.5 Å². The summed E-state index contributed by atoms with van der Waals surface area (Å²) in [7, 11) is -4.08. The van der Waals surface area contributed by atoms with Crippen LogP contribution in [-0.2, 0) is 9.84 Å². The second kappa shape index (κ2) is 5.33. The number of pyridine rings is 1. The van der Waals surface area contributed by atoms with Gasteiger partial charge in [-0.05, 0) is 24.3 Å². The topological polar surface area (TPSA) is 116 Å². The number of nitrogen functional groups attached to an aromatic ring is 1. The molecule has 0 amide bonds. The summed E-state index contributed by atoms with van der Waals surface area (Å²) in [6, 6.07) is 9.79. The van der Waals surface area contributed by atoms with Crippen LogP contribution in [0.5, 0.6) is 0 Å². The first-order valence-corrected chi connectivity index (χ1v) is 8.01. The van der Waals surface area contributed by atoms with Gasteiger partial charge in [0.05, 0.1) is 9.82 Å². The molecule has 1 aromatic heterocycles. The van der Waals surface area contributed by atoms with Gasteiger partial charge in [-0.2, -0.15) is 0 Å². The molecule has 23 heavy (non-hydrogen) atoms. The SMILES string of the molecule is Nc1ccc(S(=O)(=O)c2cccc3cnccc23)c([N+](=O)[O-])c1. The van der Waals surface area contributed by atoms with Gasteiger partial charge in [0, 0.05) is 34.9 Å². The van der Waals surface area contributed by atoms with Gasteiger partial charge in [0.2, 0.25) is 9.84 Å². The molecule has 0 spiro atoms. The van der Waals surface area contributed by atoms with Crippen molar-refractivity contribution in [2.24, 2.45) is 0 Å². The molecule has 3 rings (SSSR count). The van der Waals surface area contributed by atoms with Crippen LogP contribution in [0, 0.1) is 10.1 Å². The first kappa shape index (κ1) is 14.9. The summed E-state index contributed by atoms with van der Waals surface area (Å²) in [5.41, 5.74) is 5.11. The summed E-state index contributed by atoms with van der Waals surface area (Å²) >= 11 is 0.